The molecular weight excluding hydrogens is 438 g/mol. The molecule has 2 aromatic heterocycles. The number of nitrogens with zero attached hydrogens (tertiary/aromatic N) is 7. The second kappa shape index (κ2) is 9.82. The second-order valence-electron chi connectivity index (χ2n) is 8.11. The van der Waals surface area contributed by atoms with Gasteiger partial charge in [0.1, 0.15) is 0 Å². The topological polar surface area (TPSA) is 72.2 Å². The van der Waals surface area contributed by atoms with Crippen LogP contribution in [0.1, 0.15) is 17.4 Å². The van der Waals surface area contributed by atoms with Gasteiger partial charge in [-0.1, -0.05) is 29.8 Å². The Kier molecular flexibility index (Phi) is 6.48. The van der Waals surface area contributed by atoms with Gasteiger partial charge in [-0.3, -0.25) is 9.88 Å². The van der Waals surface area contributed by atoms with Crippen LogP contribution in [0.5, 0.6) is 0 Å². The van der Waals surface area contributed by atoms with E-state index in [1.54, 1.807) is 7.11 Å². The molecule has 0 amide bonds. The molecule has 0 aliphatic carbocycles. The summed E-state index contributed by atoms with van der Waals surface area (Å²) in [6.45, 7) is 4.69. The molecule has 1 saturated heterocycles. The normalized spacial score (nSPS) is 15.8. The van der Waals surface area contributed by atoms with Gasteiger partial charge in [0, 0.05) is 55.6 Å². The van der Waals surface area contributed by atoms with Gasteiger partial charge in [0.05, 0.1) is 24.7 Å². The van der Waals surface area contributed by atoms with E-state index in [4.69, 9.17) is 16.3 Å². The first-order valence-corrected chi connectivity index (χ1v) is 11.4. The number of anilines is 1. The summed E-state index contributed by atoms with van der Waals surface area (Å²) in [6.07, 6.45) is 1.82. The fraction of sp³-hybridized carbons (Fsp3) is 0.333. The molecule has 33 heavy (non-hydrogen) atoms. The van der Waals surface area contributed by atoms with E-state index < -0.39 is 0 Å². The van der Waals surface area contributed by atoms with Crippen molar-refractivity contribution in [2.24, 2.45) is 0 Å². The van der Waals surface area contributed by atoms with Gasteiger partial charge in [0.15, 0.2) is 5.82 Å². The number of hydrogen-bond acceptors (Lipinski definition) is 7. The largest absolute Gasteiger partial charge is 0.383 e. The molecule has 3 heterocycles. The van der Waals surface area contributed by atoms with E-state index in [0.717, 1.165) is 59.2 Å². The maximum Gasteiger partial charge on any atom is 0.173 e. The van der Waals surface area contributed by atoms with Crippen molar-refractivity contribution in [1.82, 2.24) is 30.1 Å². The van der Waals surface area contributed by atoms with Crippen LogP contribution in [0.3, 0.4) is 0 Å². The van der Waals surface area contributed by atoms with E-state index in [2.05, 4.69) is 60.6 Å². The van der Waals surface area contributed by atoms with Crippen molar-refractivity contribution in [2.75, 3.05) is 44.8 Å². The highest BCUT2D eigenvalue weighted by Gasteiger charge is 2.31. The molecule has 1 atom stereocenters. The Bertz CT molecular complexity index is 1220. The number of piperazine rings is 1. The lowest BCUT2D eigenvalue weighted by Gasteiger charge is -2.40. The Morgan fingerprint density at radius 2 is 1.91 bits per heavy atom. The maximum absolute atomic E-state index is 6.22. The van der Waals surface area contributed by atoms with Crippen molar-refractivity contribution in [3.05, 3.63) is 77.2 Å². The summed E-state index contributed by atoms with van der Waals surface area (Å²) < 4.78 is 7.13. The smallest absolute Gasteiger partial charge is 0.173 e. The summed E-state index contributed by atoms with van der Waals surface area (Å²) >= 11 is 6.22. The third-order valence-corrected chi connectivity index (χ3v) is 6.34. The lowest BCUT2D eigenvalue weighted by molar-refractivity contribution is 0.172. The van der Waals surface area contributed by atoms with Crippen molar-refractivity contribution in [3.8, 4) is 0 Å². The predicted molar refractivity (Wildman–Crippen MR) is 129 cm³/mol. The average Bonchev–Trinajstić information content (AvgIpc) is 3.31. The first-order chi connectivity index (χ1) is 16.2. The molecule has 0 spiro atoms. The number of pyridine rings is 1. The molecule has 1 fully saturated rings. The van der Waals surface area contributed by atoms with Gasteiger partial charge in [-0.2, -0.15) is 0 Å². The van der Waals surface area contributed by atoms with Crippen LogP contribution >= 0.6 is 11.6 Å². The van der Waals surface area contributed by atoms with Crippen LogP contribution in [0.2, 0.25) is 5.02 Å². The fourth-order valence-corrected chi connectivity index (χ4v) is 4.63. The van der Waals surface area contributed by atoms with Gasteiger partial charge >= 0.3 is 0 Å². The SMILES string of the molecule is COCCn1nnnc1C(c1ccc2ncccc2c1)N1CCN(c2cccc(Cl)c2)CC1. The number of ether oxygens (including phenoxy) is 1. The van der Waals surface area contributed by atoms with Crippen LogP contribution in [0.25, 0.3) is 10.9 Å². The Hall–Kier alpha value is -3.07. The molecule has 0 radical (unpaired) electrons. The van der Waals surface area contributed by atoms with Crippen LogP contribution in [0, 0.1) is 0 Å². The van der Waals surface area contributed by atoms with Crippen LogP contribution in [-0.4, -0.2) is 70.0 Å². The molecule has 0 bridgehead atoms. The number of fused-ring (bicyclic) bond motifs is 1. The van der Waals surface area contributed by atoms with Gasteiger partial charge in [0.25, 0.3) is 0 Å². The summed E-state index contributed by atoms with van der Waals surface area (Å²) in [6, 6.07) is 18.4. The van der Waals surface area contributed by atoms with E-state index in [0.29, 0.717) is 13.2 Å². The Labute approximate surface area is 197 Å². The van der Waals surface area contributed by atoms with Crippen molar-refractivity contribution < 1.29 is 4.74 Å². The zero-order valence-corrected chi connectivity index (χ0v) is 19.3. The molecular formula is C24H26ClN7O. The number of rotatable bonds is 7. The summed E-state index contributed by atoms with van der Waals surface area (Å²) in [4.78, 5) is 9.30. The van der Waals surface area contributed by atoms with Crippen molar-refractivity contribution in [3.63, 3.8) is 0 Å². The molecule has 8 nitrogen and oxygen atoms in total. The van der Waals surface area contributed by atoms with Crippen molar-refractivity contribution in [1.29, 1.82) is 0 Å². The van der Waals surface area contributed by atoms with E-state index >= 15 is 0 Å². The highest BCUT2D eigenvalue weighted by molar-refractivity contribution is 6.30. The van der Waals surface area contributed by atoms with E-state index in [1.165, 1.54) is 0 Å². The van der Waals surface area contributed by atoms with E-state index in [-0.39, 0.29) is 6.04 Å². The molecule has 1 aliphatic heterocycles. The first-order valence-electron chi connectivity index (χ1n) is 11.1. The monoisotopic (exact) mass is 463 g/mol. The maximum atomic E-state index is 6.22. The quantitative estimate of drug-likeness (QED) is 0.415. The molecule has 9 heteroatoms. The predicted octanol–water partition coefficient (Wildman–Crippen LogP) is 3.43. The average molecular weight is 464 g/mol. The molecule has 2 aromatic carbocycles. The molecule has 5 rings (SSSR count). The number of hydrogen-bond donors (Lipinski definition) is 0. The van der Waals surface area contributed by atoms with Gasteiger partial charge in [-0.05, 0) is 52.4 Å². The molecule has 170 valence electrons. The fourth-order valence-electron chi connectivity index (χ4n) is 4.44. The number of aromatic nitrogens is 5. The molecule has 1 aliphatic rings. The van der Waals surface area contributed by atoms with Gasteiger partial charge in [-0.15, -0.1) is 5.10 Å². The minimum absolute atomic E-state index is 0.0667. The third kappa shape index (κ3) is 4.68. The number of methoxy groups -OCH3 is 1. The zero-order chi connectivity index (χ0) is 22.6. The van der Waals surface area contributed by atoms with Crippen LogP contribution in [0.4, 0.5) is 5.69 Å². The highest BCUT2D eigenvalue weighted by Crippen LogP contribution is 2.31. The summed E-state index contributed by atoms with van der Waals surface area (Å²) in [5.74, 6) is 0.825. The number of benzene rings is 2. The number of halogens is 1. The Morgan fingerprint density at radius 1 is 1.03 bits per heavy atom. The van der Waals surface area contributed by atoms with E-state index in [1.807, 2.05) is 35.1 Å². The lowest BCUT2D eigenvalue weighted by atomic mass is 10.0. The molecule has 0 saturated carbocycles. The highest BCUT2D eigenvalue weighted by atomic mass is 35.5. The Balaban J connectivity index is 1.46. The van der Waals surface area contributed by atoms with E-state index in [9.17, 15) is 0 Å². The first kappa shape index (κ1) is 21.8. The molecule has 0 N–H and O–H groups in total. The van der Waals surface area contributed by atoms with Gasteiger partial charge < -0.3 is 9.64 Å². The summed E-state index contributed by atoms with van der Waals surface area (Å²) in [7, 11) is 1.69. The lowest BCUT2D eigenvalue weighted by Crippen LogP contribution is -2.48. The standard InChI is InChI=1S/C24H26ClN7O/c1-33-15-14-32-24(27-28-29-32)23(19-7-8-22-18(16-19)4-3-9-26-22)31-12-10-30(11-13-31)21-6-2-5-20(25)17-21/h2-9,16-17,23H,10-15H2,1H3. The van der Waals surface area contributed by atoms with Crippen molar-refractivity contribution in [2.45, 2.75) is 12.6 Å². The summed E-state index contributed by atoms with van der Waals surface area (Å²) in [5, 5.41) is 14.5. The van der Waals surface area contributed by atoms with Gasteiger partial charge in [-0.25, -0.2) is 4.68 Å². The third-order valence-electron chi connectivity index (χ3n) is 6.11. The minimum Gasteiger partial charge on any atom is -0.383 e. The minimum atomic E-state index is -0.0667. The summed E-state index contributed by atoms with van der Waals surface area (Å²) in [5.41, 5.74) is 3.28. The zero-order valence-electron chi connectivity index (χ0n) is 18.5. The molecule has 4 aromatic rings. The van der Waals surface area contributed by atoms with Crippen molar-refractivity contribution >= 4 is 28.2 Å². The van der Waals surface area contributed by atoms with Crippen LogP contribution < -0.4 is 4.90 Å². The van der Waals surface area contributed by atoms with Crippen LogP contribution in [-0.2, 0) is 11.3 Å². The molecule has 1 unspecified atom stereocenters. The Morgan fingerprint density at radius 3 is 2.73 bits per heavy atom. The van der Waals surface area contributed by atoms with Crippen LogP contribution in [0.15, 0.2) is 60.8 Å². The number of tetrazole rings is 1. The van der Waals surface area contributed by atoms with Gasteiger partial charge in [0.2, 0.25) is 0 Å². The second-order valence-corrected chi connectivity index (χ2v) is 8.55.